The Hall–Kier alpha value is -0.550. The fraction of sp³-hybridized carbons (Fsp3) is 0.786. The number of nitrogens with one attached hydrogen (secondary N) is 1. The van der Waals surface area contributed by atoms with Crippen LogP contribution in [0.3, 0.4) is 0 Å². The summed E-state index contributed by atoms with van der Waals surface area (Å²) in [4.78, 5) is 0. The lowest BCUT2D eigenvalue weighted by Crippen LogP contribution is -2.31. The van der Waals surface area contributed by atoms with Crippen LogP contribution in [0.5, 0.6) is 0 Å². The third-order valence-corrected chi connectivity index (χ3v) is 4.79. The quantitative estimate of drug-likeness (QED) is 0.924. The molecule has 0 aliphatic carbocycles. The maximum absolute atomic E-state index is 5.88. The first kappa shape index (κ1) is 13.4. The largest absolute Gasteiger partial charge is 0.376 e. The van der Waals surface area contributed by atoms with E-state index in [-0.39, 0.29) is 0 Å². The Morgan fingerprint density at radius 3 is 3.00 bits per heavy atom. The first-order valence-corrected chi connectivity index (χ1v) is 8.08. The van der Waals surface area contributed by atoms with E-state index in [2.05, 4.69) is 39.8 Å². The van der Waals surface area contributed by atoms with Gasteiger partial charge in [0, 0.05) is 13.2 Å². The zero-order chi connectivity index (χ0) is 13.4. The number of halogens is 1. The Labute approximate surface area is 123 Å². The van der Waals surface area contributed by atoms with Gasteiger partial charge < -0.3 is 10.1 Å². The fourth-order valence-corrected chi connectivity index (χ4v) is 3.65. The van der Waals surface area contributed by atoms with Crippen molar-refractivity contribution in [2.24, 2.45) is 5.92 Å². The summed E-state index contributed by atoms with van der Waals surface area (Å²) in [6.45, 7) is 6.38. The zero-order valence-electron chi connectivity index (χ0n) is 11.7. The van der Waals surface area contributed by atoms with Crippen LogP contribution in [0.4, 0.5) is 5.82 Å². The highest BCUT2D eigenvalue weighted by Crippen LogP contribution is 2.37. The van der Waals surface area contributed by atoms with E-state index in [0.29, 0.717) is 18.1 Å². The van der Waals surface area contributed by atoms with Crippen LogP contribution in [-0.2, 0) is 11.2 Å². The van der Waals surface area contributed by atoms with Crippen LogP contribution in [-0.4, -0.2) is 29.0 Å². The summed E-state index contributed by atoms with van der Waals surface area (Å²) < 4.78 is 9.19. The molecule has 0 spiro atoms. The molecular weight excluding hydrogens is 306 g/mol. The molecule has 2 atom stereocenters. The van der Waals surface area contributed by atoms with Crippen molar-refractivity contribution in [1.29, 1.82) is 0 Å². The molecule has 106 valence electrons. The van der Waals surface area contributed by atoms with E-state index < -0.39 is 0 Å². The summed E-state index contributed by atoms with van der Waals surface area (Å²) in [6.07, 6.45) is 4.82. The van der Waals surface area contributed by atoms with Gasteiger partial charge in [-0.3, -0.25) is 0 Å². The van der Waals surface area contributed by atoms with Crippen LogP contribution in [0.1, 0.15) is 44.8 Å². The van der Waals surface area contributed by atoms with Crippen LogP contribution in [0.15, 0.2) is 4.47 Å². The molecule has 4 nitrogen and oxygen atoms in total. The number of anilines is 1. The van der Waals surface area contributed by atoms with Crippen molar-refractivity contribution in [3.63, 3.8) is 0 Å². The first-order chi connectivity index (χ1) is 9.16. The third-order valence-electron chi connectivity index (χ3n) is 3.96. The summed E-state index contributed by atoms with van der Waals surface area (Å²) in [5, 5.41) is 8.32. The molecule has 3 rings (SSSR count). The maximum Gasteiger partial charge on any atom is 0.139 e. The van der Waals surface area contributed by atoms with Gasteiger partial charge in [0.05, 0.1) is 22.3 Å². The van der Waals surface area contributed by atoms with Gasteiger partial charge in [0.25, 0.3) is 0 Å². The van der Waals surface area contributed by atoms with Gasteiger partial charge in [-0.25, -0.2) is 4.68 Å². The minimum absolute atomic E-state index is 0.347. The summed E-state index contributed by atoms with van der Waals surface area (Å²) >= 11 is 3.71. The van der Waals surface area contributed by atoms with Crippen molar-refractivity contribution >= 4 is 21.7 Å². The molecule has 1 N–H and O–H groups in total. The standard InChI is InChI=1S/C14H22BrN3O/c1-9(2)8-10-13(15)14-16-6-5-11(18(14)17-10)12-4-3-7-19-12/h9,11-12,16H,3-8H2,1-2H3. The second kappa shape index (κ2) is 5.44. The monoisotopic (exact) mass is 327 g/mol. The molecule has 0 bridgehead atoms. The topological polar surface area (TPSA) is 39.1 Å². The highest BCUT2D eigenvalue weighted by atomic mass is 79.9. The molecule has 3 heterocycles. The SMILES string of the molecule is CC(C)Cc1nn2c(c1Br)NCCC2C1CCCO1. The molecule has 1 aromatic heterocycles. The minimum atomic E-state index is 0.347. The number of fused-ring (bicyclic) bond motifs is 1. The molecule has 1 aromatic rings. The molecule has 2 aliphatic rings. The number of hydrogen-bond donors (Lipinski definition) is 1. The van der Waals surface area contributed by atoms with Crippen molar-refractivity contribution in [2.75, 3.05) is 18.5 Å². The van der Waals surface area contributed by atoms with E-state index in [9.17, 15) is 0 Å². The van der Waals surface area contributed by atoms with E-state index >= 15 is 0 Å². The van der Waals surface area contributed by atoms with Gasteiger partial charge in [0.15, 0.2) is 0 Å². The summed E-state index contributed by atoms with van der Waals surface area (Å²) in [5.41, 5.74) is 1.17. The smallest absolute Gasteiger partial charge is 0.139 e. The van der Waals surface area contributed by atoms with Gasteiger partial charge in [-0.1, -0.05) is 13.8 Å². The van der Waals surface area contributed by atoms with Gasteiger partial charge in [-0.05, 0) is 47.5 Å². The zero-order valence-corrected chi connectivity index (χ0v) is 13.2. The van der Waals surface area contributed by atoms with E-state index in [1.807, 2.05) is 0 Å². The maximum atomic E-state index is 5.88. The van der Waals surface area contributed by atoms with E-state index in [0.717, 1.165) is 36.3 Å². The predicted molar refractivity (Wildman–Crippen MR) is 79.6 cm³/mol. The van der Waals surface area contributed by atoms with Crippen molar-refractivity contribution in [2.45, 2.75) is 51.7 Å². The minimum Gasteiger partial charge on any atom is -0.376 e. The molecule has 2 unspecified atom stereocenters. The molecular formula is C14H22BrN3O. The molecule has 1 saturated heterocycles. The molecule has 0 aromatic carbocycles. The number of nitrogens with zero attached hydrogens (tertiary/aromatic N) is 2. The Balaban J connectivity index is 1.90. The van der Waals surface area contributed by atoms with Crippen LogP contribution >= 0.6 is 15.9 Å². The number of ether oxygens (including phenoxy) is 1. The van der Waals surface area contributed by atoms with Gasteiger partial charge in [-0.2, -0.15) is 5.10 Å². The van der Waals surface area contributed by atoms with Gasteiger partial charge >= 0.3 is 0 Å². The lowest BCUT2D eigenvalue weighted by Gasteiger charge is -2.29. The number of hydrogen-bond acceptors (Lipinski definition) is 3. The average Bonchev–Trinajstić information content (AvgIpc) is 2.99. The second-order valence-electron chi connectivity index (χ2n) is 5.99. The lowest BCUT2D eigenvalue weighted by molar-refractivity contribution is 0.0590. The van der Waals surface area contributed by atoms with Crippen LogP contribution in [0, 0.1) is 5.92 Å². The average molecular weight is 328 g/mol. The van der Waals surface area contributed by atoms with Crippen molar-refractivity contribution in [3.05, 3.63) is 10.2 Å². The van der Waals surface area contributed by atoms with Crippen molar-refractivity contribution < 1.29 is 4.74 Å². The van der Waals surface area contributed by atoms with Crippen molar-refractivity contribution in [1.82, 2.24) is 9.78 Å². The molecule has 0 amide bonds. The lowest BCUT2D eigenvalue weighted by atomic mass is 10.0. The Kier molecular flexibility index (Phi) is 3.85. The van der Waals surface area contributed by atoms with E-state index in [4.69, 9.17) is 9.84 Å². The molecule has 19 heavy (non-hydrogen) atoms. The Morgan fingerprint density at radius 2 is 2.32 bits per heavy atom. The molecule has 0 saturated carbocycles. The summed E-state index contributed by atoms with van der Waals surface area (Å²) in [7, 11) is 0. The summed E-state index contributed by atoms with van der Waals surface area (Å²) in [5.74, 6) is 1.76. The second-order valence-corrected chi connectivity index (χ2v) is 6.78. The van der Waals surface area contributed by atoms with E-state index in [1.54, 1.807) is 0 Å². The molecule has 1 fully saturated rings. The fourth-order valence-electron chi connectivity index (χ4n) is 3.09. The summed E-state index contributed by atoms with van der Waals surface area (Å²) in [6, 6.07) is 0.399. The number of aromatic nitrogens is 2. The Bertz CT molecular complexity index is 452. The predicted octanol–water partition coefficient (Wildman–Crippen LogP) is 3.38. The molecule has 5 heteroatoms. The Morgan fingerprint density at radius 1 is 1.47 bits per heavy atom. The normalized spacial score (nSPS) is 26.5. The van der Waals surface area contributed by atoms with Crippen LogP contribution in [0.2, 0.25) is 0 Å². The molecule has 0 radical (unpaired) electrons. The van der Waals surface area contributed by atoms with Gasteiger partial charge in [-0.15, -0.1) is 0 Å². The third kappa shape index (κ3) is 2.55. The van der Waals surface area contributed by atoms with Crippen molar-refractivity contribution in [3.8, 4) is 0 Å². The van der Waals surface area contributed by atoms with Crippen LogP contribution in [0.25, 0.3) is 0 Å². The highest BCUT2D eigenvalue weighted by molar-refractivity contribution is 9.10. The van der Waals surface area contributed by atoms with Gasteiger partial charge in [0.1, 0.15) is 5.82 Å². The van der Waals surface area contributed by atoms with Crippen LogP contribution < -0.4 is 5.32 Å². The van der Waals surface area contributed by atoms with Gasteiger partial charge in [0.2, 0.25) is 0 Å². The van der Waals surface area contributed by atoms with E-state index in [1.165, 1.54) is 18.5 Å². The highest BCUT2D eigenvalue weighted by Gasteiger charge is 2.33. The number of rotatable bonds is 3. The molecule has 2 aliphatic heterocycles. The first-order valence-electron chi connectivity index (χ1n) is 7.29.